The quantitative estimate of drug-likeness (QED) is 0.436. The van der Waals surface area contributed by atoms with E-state index in [0.29, 0.717) is 23.5 Å². The SMILES string of the molecule is CSCCC(NC(=O)COc1ccccc1)C(=O)OCC(=O)c1ccc(C)cc1C. The van der Waals surface area contributed by atoms with Crippen molar-refractivity contribution in [1.82, 2.24) is 5.32 Å². The first-order chi connectivity index (χ1) is 14.4. The predicted molar refractivity (Wildman–Crippen MR) is 118 cm³/mol. The van der Waals surface area contributed by atoms with E-state index in [1.54, 1.807) is 42.1 Å². The molecule has 0 spiro atoms. The van der Waals surface area contributed by atoms with Crippen molar-refractivity contribution in [2.75, 3.05) is 25.2 Å². The number of carbonyl (C=O) groups excluding carboxylic acids is 3. The van der Waals surface area contributed by atoms with Crippen LogP contribution in [0.5, 0.6) is 5.75 Å². The highest BCUT2D eigenvalue weighted by Crippen LogP contribution is 2.12. The van der Waals surface area contributed by atoms with Crippen molar-refractivity contribution in [3.05, 3.63) is 65.2 Å². The normalized spacial score (nSPS) is 11.4. The van der Waals surface area contributed by atoms with Crippen LogP contribution in [0.1, 0.15) is 27.9 Å². The third-order valence-corrected chi connectivity index (χ3v) is 5.02. The molecule has 6 nitrogen and oxygen atoms in total. The Kier molecular flexibility index (Phi) is 9.41. The first-order valence-corrected chi connectivity index (χ1v) is 11.0. The third kappa shape index (κ3) is 7.55. The Hall–Kier alpha value is -2.80. The Balaban J connectivity index is 1.90. The number of Topliss-reactive ketones (excluding diaryl/α,β-unsaturated/α-hetero) is 1. The maximum Gasteiger partial charge on any atom is 0.329 e. The fourth-order valence-corrected chi connectivity index (χ4v) is 3.30. The van der Waals surface area contributed by atoms with Crippen molar-refractivity contribution < 1.29 is 23.9 Å². The average Bonchev–Trinajstić information content (AvgIpc) is 2.74. The lowest BCUT2D eigenvalue weighted by molar-refractivity contribution is -0.147. The van der Waals surface area contributed by atoms with Gasteiger partial charge >= 0.3 is 5.97 Å². The number of carbonyl (C=O) groups is 3. The fourth-order valence-electron chi connectivity index (χ4n) is 2.83. The molecular formula is C23H27NO5S. The van der Waals surface area contributed by atoms with Gasteiger partial charge in [-0.2, -0.15) is 11.8 Å². The van der Waals surface area contributed by atoms with Gasteiger partial charge in [-0.1, -0.05) is 42.0 Å². The van der Waals surface area contributed by atoms with E-state index in [0.717, 1.165) is 11.1 Å². The Morgan fingerprint density at radius 3 is 2.43 bits per heavy atom. The Morgan fingerprint density at radius 1 is 1.03 bits per heavy atom. The molecule has 30 heavy (non-hydrogen) atoms. The molecule has 160 valence electrons. The van der Waals surface area contributed by atoms with Gasteiger partial charge in [0.15, 0.2) is 13.2 Å². The minimum atomic E-state index is -0.837. The van der Waals surface area contributed by atoms with Crippen molar-refractivity contribution in [3.8, 4) is 5.75 Å². The summed E-state index contributed by atoms with van der Waals surface area (Å²) in [6.45, 7) is 3.21. The van der Waals surface area contributed by atoms with E-state index in [2.05, 4.69) is 5.32 Å². The monoisotopic (exact) mass is 429 g/mol. The van der Waals surface area contributed by atoms with Crippen LogP contribution < -0.4 is 10.1 Å². The topological polar surface area (TPSA) is 81.7 Å². The minimum absolute atomic E-state index is 0.214. The van der Waals surface area contributed by atoms with Gasteiger partial charge in [0.05, 0.1) is 0 Å². The lowest BCUT2D eigenvalue weighted by Crippen LogP contribution is -2.44. The van der Waals surface area contributed by atoms with Gasteiger partial charge in [-0.15, -0.1) is 0 Å². The number of ether oxygens (including phenoxy) is 2. The van der Waals surface area contributed by atoms with Crippen molar-refractivity contribution in [1.29, 1.82) is 0 Å². The molecule has 2 aromatic carbocycles. The zero-order valence-corrected chi connectivity index (χ0v) is 18.3. The smallest absolute Gasteiger partial charge is 0.329 e. The van der Waals surface area contributed by atoms with Gasteiger partial charge < -0.3 is 14.8 Å². The van der Waals surface area contributed by atoms with Crippen LogP contribution in [0.4, 0.5) is 0 Å². The van der Waals surface area contributed by atoms with Crippen LogP contribution in [0.15, 0.2) is 48.5 Å². The summed E-state index contributed by atoms with van der Waals surface area (Å²) >= 11 is 1.55. The maximum atomic E-state index is 12.5. The predicted octanol–water partition coefficient (Wildman–Crippen LogP) is 3.35. The molecule has 2 rings (SSSR count). The summed E-state index contributed by atoms with van der Waals surface area (Å²) in [5, 5.41) is 2.64. The maximum absolute atomic E-state index is 12.5. The molecule has 0 aliphatic heterocycles. The van der Waals surface area contributed by atoms with Crippen LogP contribution in [-0.4, -0.2) is 48.9 Å². The molecule has 0 heterocycles. The van der Waals surface area contributed by atoms with Crippen LogP contribution in [0, 0.1) is 13.8 Å². The summed E-state index contributed by atoms with van der Waals surface area (Å²) in [6.07, 6.45) is 2.31. The number of ketones is 1. The second-order valence-corrected chi connectivity index (χ2v) is 7.84. The van der Waals surface area contributed by atoms with E-state index in [4.69, 9.17) is 9.47 Å². The van der Waals surface area contributed by atoms with Crippen molar-refractivity contribution in [3.63, 3.8) is 0 Å². The fraction of sp³-hybridized carbons (Fsp3) is 0.348. The van der Waals surface area contributed by atoms with Gasteiger partial charge in [-0.05, 0) is 50.0 Å². The highest BCUT2D eigenvalue weighted by Gasteiger charge is 2.23. The van der Waals surface area contributed by atoms with Gasteiger partial charge in [0.25, 0.3) is 5.91 Å². The number of amides is 1. The minimum Gasteiger partial charge on any atom is -0.484 e. The molecule has 0 aliphatic carbocycles. The number of aryl methyl sites for hydroxylation is 2. The average molecular weight is 430 g/mol. The summed E-state index contributed by atoms with van der Waals surface area (Å²) in [4.78, 5) is 37.1. The first-order valence-electron chi connectivity index (χ1n) is 9.64. The number of hydrogen-bond acceptors (Lipinski definition) is 6. The lowest BCUT2D eigenvalue weighted by atomic mass is 10.0. The van der Waals surface area contributed by atoms with E-state index in [9.17, 15) is 14.4 Å². The molecule has 0 aliphatic rings. The number of nitrogens with one attached hydrogen (secondary N) is 1. The van der Waals surface area contributed by atoms with Crippen LogP contribution in [0.25, 0.3) is 0 Å². The molecule has 0 fully saturated rings. The van der Waals surface area contributed by atoms with Crippen molar-refractivity contribution in [2.24, 2.45) is 0 Å². The van der Waals surface area contributed by atoms with Crippen LogP contribution in [0.2, 0.25) is 0 Å². The largest absolute Gasteiger partial charge is 0.484 e. The van der Waals surface area contributed by atoms with Crippen LogP contribution in [0.3, 0.4) is 0 Å². The Morgan fingerprint density at radius 2 is 1.77 bits per heavy atom. The molecule has 2 aromatic rings. The number of benzene rings is 2. The number of thioether (sulfide) groups is 1. The van der Waals surface area contributed by atoms with E-state index >= 15 is 0 Å². The molecular weight excluding hydrogens is 402 g/mol. The number of rotatable bonds is 11. The molecule has 1 N–H and O–H groups in total. The summed E-state index contributed by atoms with van der Waals surface area (Å²) < 4.78 is 10.6. The summed E-state index contributed by atoms with van der Waals surface area (Å²) in [7, 11) is 0. The molecule has 0 radical (unpaired) electrons. The molecule has 0 saturated heterocycles. The lowest BCUT2D eigenvalue weighted by Gasteiger charge is -2.17. The van der Waals surface area contributed by atoms with Gasteiger partial charge in [0.1, 0.15) is 11.8 Å². The standard InChI is InChI=1S/C23H27NO5S/c1-16-9-10-19(17(2)13-16)21(25)14-29-23(27)20(11-12-30-3)24-22(26)15-28-18-7-5-4-6-8-18/h4-10,13,20H,11-12,14-15H2,1-3H3,(H,24,26). The second kappa shape index (κ2) is 12.0. The number of esters is 1. The van der Waals surface area contributed by atoms with Crippen LogP contribution >= 0.6 is 11.8 Å². The van der Waals surface area contributed by atoms with Crippen molar-refractivity contribution >= 4 is 29.4 Å². The summed E-state index contributed by atoms with van der Waals surface area (Å²) in [6, 6.07) is 13.6. The first kappa shape index (κ1) is 23.5. The van der Waals surface area contributed by atoms with E-state index in [1.165, 1.54) is 0 Å². The molecule has 0 bridgehead atoms. The molecule has 1 unspecified atom stereocenters. The summed E-state index contributed by atoms with van der Waals surface area (Å²) in [5.74, 6) is -0.110. The molecule has 1 amide bonds. The van der Waals surface area contributed by atoms with Gasteiger partial charge in [0, 0.05) is 5.56 Å². The van der Waals surface area contributed by atoms with E-state index in [1.807, 2.05) is 38.3 Å². The summed E-state index contributed by atoms with van der Waals surface area (Å²) in [5.41, 5.74) is 2.41. The highest BCUT2D eigenvalue weighted by atomic mass is 32.2. The number of hydrogen-bond donors (Lipinski definition) is 1. The Bertz CT molecular complexity index is 869. The highest BCUT2D eigenvalue weighted by molar-refractivity contribution is 7.98. The molecule has 7 heteroatoms. The number of para-hydroxylation sites is 1. The Labute approximate surface area is 181 Å². The van der Waals surface area contributed by atoms with Crippen LogP contribution in [-0.2, 0) is 14.3 Å². The van der Waals surface area contributed by atoms with E-state index < -0.39 is 17.9 Å². The second-order valence-electron chi connectivity index (χ2n) is 6.85. The van der Waals surface area contributed by atoms with Gasteiger partial charge in [0.2, 0.25) is 5.78 Å². The van der Waals surface area contributed by atoms with Gasteiger partial charge in [-0.3, -0.25) is 9.59 Å². The zero-order chi connectivity index (χ0) is 21.9. The zero-order valence-electron chi connectivity index (χ0n) is 17.5. The molecule has 0 aromatic heterocycles. The molecule has 1 atom stereocenters. The van der Waals surface area contributed by atoms with E-state index in [-0.39, 0.29) is 19.0 Å². The van der Waals surface area contributed by atoms with Gasteiger partial charge in [-0.25, -0.2) is 4.79 Å². The third-order valence-electron chi connectivity index (χ3n) is 4.37. The molecule has 0 saturated carbocycles. The van der Waals surface area contributed by atoms with Crippen molar-refractivity contribution in [2.45, 2.75) is 26.3 Å².